The van der Waals surface area contributed by atoms with Crippen LogP contribution >= 0.6 is 11.9 Å². The minimum Gasteiger partial charge on any atom is -0.381 e. The van der Waals surface area contributed by atoms with Crippen molar-refractivity contribution in [1.82, 2.24) is 5.32 Å². The molecule has 1 saturated heterocycles. The van der Waals surface area contributed by atoms with E-state index >= 15 is 0 Å². The Bertz CT molecular complexity index is 415. The number of nitrogens with two attached hydrogens (primary N) is 1. The summed E-state index contributed by atoms with van der Waals surface area (Å²) in [6.45, 7) is 7.53. The van der Waals surface area contributed by atoms with Crippen molar-refractivity contribution in [2.75, 3.05) is 19.8 Å². The van der Waals surface area contributed by atoms with Crippen LogP contribution < -0.4 is 10.5 Å². The SMILES string of the molecule is C=C(/C(=C\C=C(/C)SN)NCC1CCOCC1)[N+](=O)[O-]. The zero-order chi connectivity index (χ0) is 15.0. The van der Waals surface area contributed by atoms with Gasteiger partial charge in [0.1, 0.15) is 5.70 Å². The van der Waals surface area contributed by atoms with Gasteiger partial charge in [0.15, 0.2) is 0 Å². The average molecular weight is 299 g/mol. The molecule has 0 radical (unpaired) electrons. The second-order valence-corrected chi connectivity index (χ2v) is 5.50. The minimum absolute atomic E-state index is 0.136. The van der Waals surface area contributed by atoms with Crippen LogP contribution in [0.5, 0.6) is 0 Å². The number of nitrogens with one attached hydrogen (secondary N) is 1. The van der Waals surface area contributed by atoms with E-state index in [2.05, 4.69) is 11.9 Å². The van der Waals surface area contributed by atoms with Gasteiger partial charge in [0.2, 0.25) is 0 Å². The van der Waals surface area contributed by atoms with Crippen LogP contribution in [0.4, 0.5) is 0 Å². The average Bonchev–Trinajstić information content (AvgIpc) is 2.47. The third kappa shape index (κ3) is 5.77. The Hall–Kier alpha value is -1.31. The van der Waals surface area contributed by atoms with E-state index in [1.807, 2.05) is 6.92 Å². The van der Waals surface area contributed by atoms with E-state index in [1.165, 1.54) is 0 Å². The quantitative estimate of drug-likeness (QED) is 0.324. The van der Waals surface area contributed by atoms with Gasteiger partial charge in [-0.2, -0.15) is 0 Å². The molecule has 0 aromatic heterocycles. The zero-order valence-electron chi connectivity index (χ0n) is 11.6. The third-order valence-corrected chi connectivity index (χ3v) is 3.63. The van der Waals surface area contributed by atoms with Crippen LogP contribution in [-0.4, -0.2) is 24.7 Å². The fourth-order valence-corrected chi connectivity index (χ4v) is 1.95. The lowest BCUT2D eigenvalue weighted by Crippen LogP contribution is -2.28. The molecule has 0 bridgehead atoms. The second kappa shape index (κ2) is 8.78. The van der Waals surface area contributed by atoms with E-state index in [0.29, 0.717) is 18.2 Å². The molecule has 20 heavy (non-hydrogen) atoms. The van der Waals surface area contributed by atoms with Crippen molar-refractivity contribution in [2.45, 2.75) is 19.8 Å². The molecule has 1 heterocycles. The topological polar surface area (TPSA) is 90.4 Å². The summed E-state index contributed by atoms with van der Waals surface area (Å²) in [5.41, 5.74) is 0.290. The Morgan fingerprint density at radius 3 is 2.75 bits per heavy atom. The molecule has 0 spiro atoms. The fraction of sp³-hybridized carbons (Fsp3) is 0.538. The summed E-state index contributed by atoms with van der Waals surface area (Å²) in [6, 6.07) is 0. The molecule has 7 heteroatoms. The van der Waals surface area contributed by atoms with Crippen LogP contribution in [0, 0.1) is 16.0 Å². The highest BCUT2D eigenvalue weighted by molar-refractivity contribution is 8.00. The predicted octanol–water partition coefficient (Wildman–Crippen LogP) is 2.19. The molecule has 0 amide bonds. The van der Waals surface area contributed by atoms with Crippen LogP contribution in [0.3, 0.4) is 0 Å². The van der Waals surface area contributed by atoms with Crippen LogP contribution in [0.15, 0.2) is 35.0 Å². The van der Waals surface area contributed by atoms with Crippen molar-refractivity contribution in [2.24, 2.45) is 11.1 Å². The molecule has 1 rings (SSSR count). The summed E-state index contributed by atoms with van der Waals surface area (Å²) in [5, 5.41) is 19.4. The third-order valence-electron chi connectivity index (χ3n) is 3.12. The number of hydrogen-bond donors (Lipinski definition) is 2. The van der Waals surface area contributed by atoms with Gasteiger partial charge in [-0.05, 0) is 49.3 Å². The lowest BCUT2D eigenvalue weighted by atomic mass is 10.0. The van der Waals surface area contributed by atoms with E-state index in [0.717, 1.165) is 42.9 Å². The standard InChI is InChI=1S/C13H21N3O3S/c1-10(20-14)3-4-13(11(2)16(17)18)15-9-12-5-7-19-8-6-12/h3-4,12,15H,2,5-9,14H2,1H3/b10-3+,13-4+. The Kier molecular flexibility index (Phi) is 7.35. The van der Waals surface area contributed by atoms with E-state index < -0.39 is 4.92 Å². The summed E-state index contributed by atoms with van der Waals surface area (Å²) < 4.78 is 5.29. The predicted molar refractivity (Wildman–Crippen MR) is 81.3 cm³/mol. The number of nitro groups is 1. The molecule has 6 nitrogen and oxygen atoms in total. The highest BCUT2D eigenvalue weighted by atomic mass is 32.2. The first-order chi connectivity index (χ1) is 9.54. The largest absolute Gasteiger partial charge is 0.381 e. The molecule has 1 aliphatic heterocycles. The van der Waals surface area contributed by atoms with Crippen LogP contribution in [0.2, 0.25) is 0 Å². The van der Waals surface area contributed by atoms with Crippen LogP contribution in [-0.2, 0) is 4.74 Å². The van der Waals surface area contributed by atoms with Gasteiger partial charge >= 0.3 is 0 Å². The molecule has 0 saturated carbocycles. The molecule has 0 aromatic carbocycles. The molecule has 3 N–H and O–H groups in total. The lowest BCUT2D eigenvalue weighted by Gasteiger charge is -2.22. The Morgan fingerprint density at radius 2 is 2.20 bits per heavy atom. The maximum Gasteiger partial charge on any atom is 0.285 e. The van der Waals surface area contributed by atoms with E-state index in [-0.39, 0.29) is 5.70 Å². The van der Waals surface area contributed by atoms with Gasteiger partial charge in [-0.15, -0.1) is 0 Å². The molecule has 0 aromatic rings. The summed E-state index contributed by atoms with van der Waals surface area (Å²) in [7, 11) is 0. The monoisotopic (exact) mass is 299 g/mol. The summed E-state index contributed by atoms with van der Waals surface area (Å²) in [6.07, 6.45) is 5.34. The van der Waals surface area contributed by atoms with Crippen molar-refractivity contribution >= 4 is 11.9 Å². The molecule has 1 aliphatic rings. The van der Waals surface area contributed by atoms with Crippen LogP contribution in [0.25, 0.3) is 0 Å². The highest BCUT2D eigenvalue weighted by Crippen LogP contribution is 2.15. The number of nitrogens with zero attached hydrogens (tertiary/aromatic N) is 1. The molecular formula is C13H21N3O3S. The molecule has 0 atom stereocenters. The van der Waals surface area contributed by atoms with Gasteiger partial charge < -0.3 is 10.1 Å². The van der Waals surface area contributed by atoms with Gasteiger partial charge in [-0.3, -0.25) is 15.3 Å². The first-order valence-corrected chi connectivity index (χ1v) is 7.33. The summed E-state index contributed by atoms with van der Waals surface area (Å²) in [5.74, 6) is 0.473. The fourth-order valence-electron chi connectivity index (χ4n) is 1.80. The van der Waals surface area contributed by atoms with Gasteiger partial charge in [0.05, 0.1) is 4.92 Å². The number of rotatable bonds is 7. The second-order valence-electron chi connectivity index (χ2n) is 4.62. The van der Waals surface area contributed by atoms with Crippen LogP contribution in [0.1, 0.15) is 19.8 Å². The molecular weight excluding hydrogens is 278 g/mol. The first-order valence-electron chi connectivity index (χ1n) is 6.45. The number of ether oxygens (including phenoxy) is 1. The molecule has 0 aliphatic carbocycles. The normalized spacial score (nSPS) is 17.9. The van der Waals surface area contributed by atoms with Crippen molar-refractivity contribution < 1.29 is 9.66 Å². The van der Waals surface area contributed by atoms with E-state index in [4.69, 9.17) is 9.88 Å². The summed E-state index contributed by atoms with van der Waals surface area (Å²) >= 11 is 1.11. The van der Waals surface area contributed by atoms with Crippen molar-refractivity contribution in [3.05, 3.63) is 45.1 Å². The van der Waals surface area contributed by atoms with Gasteiger partial charge in [-0.25, -0.2) is 0 Å². The van der Waals surface area contributed by atoms with Gasteiger partial charge in [0.25, 0.3) is 5.70 Å². The number of allylic oxidation sites excluding steroid dienone is 3. The molecule has 112 valence electrons. The zero-order valence-corrected chi connectivity index (χ0v) is 12.4. The van der Waals surface area contributed by atoms with Gasteiger partial charge in [0, 0.05) is 19.8 Å². The minimum atomic E-state index is -0.485. The lowest BCUT2D eigenvalue weighted by molar-refractivity contribution is -0.420. The Morgan fingerprint density at radius 1 is 1.55 bits per heavy atom. The highest BCUT2D eigenvalue weighted by Gasteiger charge is 2.17. The van der Waals surface area contributed by atoms with Gasteiger partial charge in [-0.1, -0.05) is 11.9 Å². The Balaban J connectivity index is 2.67. The van der Waals surface area contributed by atoms with Crippen molar-refractivity contribution in [3.63, 3.8) is 0 Å². The van der Waals surface area contributed by atoms with Crippen molar-refractivity contribution in [3.8, 4) is 0 Å². The van der Waals surface area contributed by atoms with E-state index in [9.17, 15) is 10.1 Å². The van der Waals surface area contributed by atoms with E-state index in [1.54, 1.807) is 12.2 Å². The maximum absolute atomic E-state index is 10.9. The Labute approximate surface area is 123 Å². The van der Waals surface area contributed by atoms with Crippen molar-refractivity contribution in [1.29, 1.82) is 0 Å². The first kappa shape index (κ1) is 16.7. The smallest absolute Gasteiger partial charge is 0.285 e. The maximum atomic E-state index is 10.9. The molecule has 1 fully saturated rings. The molecule has 0 unspecified atom stereocenters. The number of hydrogen-bond acceptors (Lipinski definition) is 6. The summed E-state index contributed by atoms with van der Waals surface area (Å²) in [4.78, 5) is 11.2.